The predicted molar refractivity (Wildman–Crippen MR) is 83.9 cm³/mol. The van der Waals surface area contributed by atoms with Crippen molar-refractivity contribution in [1.82, 2.24) is 5.32 Å². The molecule has 2 aromatic rings. The normalized spacial score (nSPS) is 14.8. The number of benzene rings is 1. The van der Waals surface area contributed by atoms with Gasteiger partial charge < -0.3 is 14.5 Å². The second-order valence-corrected chi connectivity index (χ2v) is 5.51. The minimum absolute atomic E-state index is 0.121. The number of rotatable bonds is 6. The van der Waals surface area contributed by atoms with Crippen molar-refractivity contribution < 1.29 is 9.15 Å². The van der Waals surface area contributed by atoms with E-state index in [1.807, 2.05) is 0 Å². The van der Waals surface area contributed by atoms with Gasteiger partial charge in [0, 0.05) is 12.8 Å². The number of fused-ring (bicyclic) bond motifs is 1. The van der Waals surface area contributed by atoms with Gasteiger partial charge in [0.1, 0.15) is 17.3 Å². The van der Waals surface area contributed by atoms with E-state index in [9.17, 15) is 0 Å². The Labute approximate surface area is 126 Å². The lowest BCUT2D eigenvalue weighted by Gasteiger charge is -2.17. The summed E-state index contributed by atoms with van der Waals surface area (Å²) in [6.45, 7) is 6.07. The highest BCUT2D eigenvalue weighted by atomic mass is 16.5. The van der Waals surface area contributed by atoms with Crippen LogP contribution in [0.1, 0.15) is 49.0 Å². The number of hydrogen-bond donors (Lipinski definition) is 1. The van der Waals surface area contributed by atoms with Crippen LogP contribution in [0.5, 0.6) is 5.75 Å². The average molecular weight is 285 g/mol. The van der Waals surface area contributed by atoms with E-state index >= 15 is 0 Å². The molecule has 0 saturated heterocycles. The lowest BCUT2D eigenvalue weighted by atomic mass is 10.0. The van der Waals surface area contributed by atoms with E-state index in [1.165, 1.54) is 11.1 Å². The molecule has 0 aliphatic carbocycles. The largest absolute Gasteiger partial charge is 0.493 e. The Kier molecular flexibility index (Phi) is 4.30. The summed E-state index contributed by atoms with van der Waals surface area (Å²) < 4.78 is 11.6. The zero-order chi connectivity index (χ0) is 14.7. The maximum atomic E-state index is 5.97. The van der Waals surface area contributed by atoms with E-state index in [1.54, 1.807) is 0 Å². The van der Waals surface area contributed by atoms with Gasteiger partial charge in [0.25, 0.3) is 0 Å². The zero-order valence-electron chi connectivity index (χ0n) is 12.8. The minimum atomic E-state index is 0.121. The second-order valence-electron chi connectivity index (χ2n) is 5.51. The zero-order valence-corrected chi connectivity index (χ0v) is 12.8. The summed E-state index contributed by atoms with van der Waals surface area (Å²) in [5.74, 6) is 3.07. The van der Waals surface area contributed by atoms with E-state index < -0.39 is 0 Å². The molecule has 21 heavy (non-hydrogen) atoms. The average Bonchev–Trinajstić information content (AvgIpc) is 3.16. The number of aryl methyl sites for hydroxylation is 1. The van der Waals surface area contributed by atoms with Gasteiger partial charge in [-0.1, -0.05) is 19.9 Å². The van der Waals surface area contributed by atoms with Gasteiger partial charge in [0.15, 0.2) is 0 Å². The van der Waals surface area contributed by atoms with Gasteiger partial charge in [-0.05, 0) is 48.4 Å². The van der Waals surface area contributed by atoms with Gasteiger partial charge in [0.05, 0.1) is 12.6 Å². The summed E-state index contributed by atoms with van der Waals surface area (Å²) in [6, 6.07) is 10.8. The first kappa shape index (κ1) is 14.2. The van der Waals surface area contributed by atoms with Crippen molar-refractivity contribution >= 4 is 0 Å². The van der Waals surface area contributed by atoms with Gasteiger partial charge >= 0.3 is 0 Å². The molecule has 0 spiro atoms. The predicted octanol–water partition coefficient (Wildman–Crippen LogP) is 3.87. The van der Waals surface area contributed by atoms with Crippen LogP contribution in [0.25, 0.3) is 0 Å². The van der Waals surface area contributed by atoms with E-state index in [4.69, 9.17) is 9.15 Å². The minimum Gasteiger partial charge on any atom is -0.493 e. The standard InChI is InChI=1S/C18H23NO2/c1-3-10-19-18(17-8-6-15(4-2)21-17)14-5-7-16-13(12-14)9-11-20-16/h5-8,12,18-19H,3-4,9-11H2,1-2H3. The van der Waals surface area contributed by atoms with Crippen LogP contribution in [0.15, 0.2) is 34.7 Å². The van der Waals surface area contributed by atoms with Crippen molar-refractivity contribution in [1.29, 1.82) is 0 Å². The van der Waals surface area contributed by atoms with E-state index in [-0.39, 0.29) is 6.04 Å². The van der Waals surface area contributed by atoms with Crippen LogP contribution >= 0.6 is 0 Å². The number of nitrogens with one attached hydrogen (secondary N) is 1. The fourth-order valence-corrected chi connectivity index (χ4v) is 2.80. The van der Waals surface area contributed by atoms with Crippen LogP contribution in [0.3, 0.4) is 0 Å². The molecule has 0 saturated carbocycles. The van der Waals surface area contributed by atoms with E-state index in [0.717, 1.165) is 49.7 Å². The molecule has 112 valence electrons. The number of furan rings is 1. The van der Waals surface area contributed by atoms with Crippen LogP contribution < -0.4 is 10.1 Å². The molecule has 1 aliphatic heterocycles. The van der Waals surface area contributed by atoms with Crippen molar-refractivity contribution in [2.24, 2.45) is 0 Å². The Morgan fingerprint density at radius 1 is 1.19 bits per heavy atom. The summed E-state index contributed by atoms with van der Waals surface area (Å²) >= 11 is 0. The summed E-state index contributed by atoms with van der Waals surface area (Å²) in [6.07, 6.45) is 3.03. The molecule has 3 heteroatoms. The fourth-order valence-electron chi connectivity index (χ4n) is 2.80. The van der Waals surface area contributed by atoms with Crippen molar-refractivity contribution in [2.45, 2.75) is 39.2 Å². The number of ether oxygens (including phenoxy) is 1. The molecule has 0 fully saturated rings. The monoisotopic (exact) mass is 285 g/mol. The summed E-state index contributed by atoms with van der Waals surface area (Å²) in [7, 11) is 0. The molecule has 3 nitrogen and oxygen atoms in total. The SMILES string of the molecule is CCCNC(c1ccc2c(c1)CCO2)c1ccc(CC)o1. The first-order valence-corrected chi connectivity index (χ1v) is 7.89. The first-order valence-electron chi connectivity index (χ1n) is 7.89. The van der Waals surface area contributed by atoms with Crippen molar-refractivity contribution in [3.63, 3.8) is 0 Å². The molecule has 1 aromatic carbocycles. The smallest absolute Gasteiger partial charge is 0.125 e. The quantitative estimate of drug-likeness (QED) is 0.875. The highest BCUT2D eigenvalue weighted by molar-refractivity contribution is 5.42. The first-order chi connectivity index (χ1) is 10.3. The van der Waals surface area contributed by atoms with Crippen LogP contribution in [-0.2, 0) is 12.8 Å². The van der Waals surface area contributed by atoms with Gasteiger partial charge in [0.2, 0.25) is 0 Å². The molecular weight excluding hydrogens is 262 g/mol. The Bertz CT molecular complexity index is 603. The molecule has 1 aromatic heterocycles. The highest BCUT2D eigenvalue weighted by Crippen LogP contribution is 2.31. The maximum absolute atomic E-state index is 5.97. The van der Waals surface area contributed by atoms with Crippen LogP contribution in [0.2, 0.25) is 0 Å². The van der Waals surface area contributed by atoms with Gasteiger partial charge in [-0.2, -0.15) is 0 Å². The second kappa shape index (κ2) is 6.35. The molecule has 0 amide bonds. The summed E-state index contributed by atoms with van der Waals surface area (Å²) in [4.78, 5) is 0. The Morgan fingerprint density at radius 3 is 2.86 bits per heavy atom. The van der Waals surface area contributed by atoms with Crippen LogP contribution in [-0.4, -0.2) is 13.2 Å². The lowest BCUT2D eigenvalue weighted by molar-refractivity contribution is 0.356. The molecule has 0 radical (unpaired) electrons. The third kappa shape index (κ3) is 2.98. The molecule has 0 bridgehead atoms. The van der Waals surface area contributed by atoms with E-state index in [2.05, 4.69) is 49.5 Å². The summed E-state index contributed by atoms with van der Waals surface area (Å²) in [5.41, 5.74) is 2.56. The third-order valence-electron chi connectivity index (χ3n) is 3.96. The lowest BCUT2D eigenvalue weighted by Crippen LogP contribution is -2.22. The molecule has 1 N–H and O–H groups in total. The molecular formula is C18H23NO2. The fraction of sp³-hybridized carbons (Fsp3) is 0.444. The van der Waals surface area contributed by atoms with Crippen LogP contribution in [0.4, 0.5) is 0 Å². The Balaban J connectivity index is 1.91. The van der Waals surface area contributed by atoms with E-state index in [0.29, 0.717) is 0 Å². The van der Waals surface area contributed by atoms with Crippen molar-refractivity contribution in [3.8, 4) is 5.75 Å². The Hall–Kier alpha value is -1.74. The topological polar surface area (TPSA) is 34.4 Å². The Morgan fingerprint density at radius 2 is 2.10 bits per heavy atom. The van der Waals surface area contributed by atoms with Crippen molar-refractivity contribution in [3.05, 3.63) is 53.0 Å². The third-order valence-corrected chi connectivity index (χ3v) is 3.96. The molecule has 1 unspecified atom stereocenters. The van der Waals surface area contributed by atoms with Crippen molar-refractivity contribution in [2.75, 3.05) is 13.2 Å². The molecule has 3 rings (SSSR count). The molecule has 1 atom stereocenters. The van der Waals surface area contributed by atoms with Gasteiger partial charge in [-0.15, -0.1) is 0 Å². The summed E-state index contributed by atoms with van der Waals surface area (Å²) in [5, 5.41) is 3.60. The highest BCUT2D eigenvalue weighted by Gasteiger charge is 2.20. The van der Waals surface area contributed by atoms with Gasteiger partial charge in [-0.3, -0.25) is 0 Å². The maximum Gasteiger partial charge on any atom is 0.125 e. The molecule has 2 heterocycles. The van der Waals surface area contributed by atoms with Gasteiger partial charge in [-0.25, -0.2) is 0 Å². The van der Waals surface area contributed by atoms with Crippen LogP contribution in [0, 0.1) is 0 Å². The number of hydrogen-bond acceptors (Lipinski definition) is 3. The molecule has 1 aliphatic rings.